The highest BCUT2D eigenvalue weighted by Crippen LogP contribution is 2.35. The van der Waals surface area contributed by atoms with Gasteiger partial charge in [-0.25, -0.2) is 0 Å². The summed E-state index contributed by atoms with van der Waals surface area (Å²) in [7, 11) is 0. The molecular weight excluding hydrogens is 508 g/mol. The van der Waals surface area contributed by atoms with Crippen LogP contribution in [0.2, 0.25) is 0 Å². The maximum atomic E-state index is 12.0. The normalized spacial score (nSPS) is 10.3. The SMILES string of the molecule is CCC(=O)Nc1cc(C)cc(COc2c(Br)cc(C(=O)NCC(=O)O)cc2Br)c1. The number of carbonyl (C=O) groups is 3. The highest BCUT2D eigenvalue weighted by atomic mass is 79.9. The summed E-state index contributed by atoms with van der Waals surface area (Å²) in [5.41, 5.74) is 2.86. The Morgan fingerprint density at radius 1 is 1.07 bits per heavy atom. The van der Waals surface area contributed by atoms with Gasteiger partial charge in [0.25, 0.3) is 5.91 Å². The lowest BCUT2D eigenvalue weighted by Crippen LogP contribution is -2.29. The maximum Gasteiger partial charge on any atom is 0.322 e. The van der Waals surface area contributed by atoms with Crippen molar-refractivity contribution in [1.29, 1.82) is 0 Å². The molecule has 0 radical (unpaired) electrons. The Morgan fingerprint density at radius 3 is 2.31 bits per heavy atom. The molecule has 0 spiro atoms. The number of aryl methyl sites for hydroxylation is 1. The summed E-state index contributed by atoms with van der Waals surface area (Å²) in [6, 6.07) is 8.79. The fourth-order valence-corrected chi connectivity index (χ4v) is 3.93. The van der Waals surface area contributed by atoms with Gasteiger partial charge in [-0.2, -0.15) is 0 Å². The molecule has 2 aromatic carbocycles. The number of nitrogens with one attached hydrogen (secondary N) is 2. The monoisotopic (exact) mass is 526 g/mol. The van der Waals surface area contributed by atoms with E-state index in [1.807, 2.05) is 25.1 Å². The summed E-state index contributed by atoms with van der Waals surface area (Å²) in [6.45, 7) is 3.51. The summed E-state index contributed by atoms with van der Waals surface area (Å²) in [6.07, 6.45) is 0.395. The molecule has 0 saturated carbocycles. The first kappa shape index (κ1) is 22.9. The van der Waals surface area contributed by atoms with Crippen LogP contribution in [0.25, 0.3) is 0 Å². The number of hydrogen-bond donors (Lipinski definition) is 3. The Bertz CT molecular complexity index is 923. The minimum Gasteiger partial charge on any atom is -0.487 e. The number of amides is 2. The van der Waals surface area contributed by atoms with E-state index in [-0.39, 0.29) is 18.1 Å². The molecule has 0 aromatic heterocycles. The Hall–Kier alpha value is -2.39. The van der Waals surface area contributed by atoms with E-state index in [9.17, 15) is 14.4 Å². The van der Waals surface area contributed by atoms with Crippen molar-refractivity contribution >= 4 is 55.3 Å². The third-order valence-electron chi connectivity index (χ3n) is 3.79. The molecule has 154 valence electrons. The molecule has 0 heterocycles. The molecule has 0 atom stereocenters. The van der Waals surface area contributed by atoms with Gasteiger partial charge in [0.05, 0.1) is 8.95 Å². The third-order valence-corrected chi connectivity index (χ3v) is 4.96. The van der Waals surface area contributed by atoms with Gasteiger partial charge >= 0.3 is 5.97 Å². The number of anilines is 1. The first-order valence-corrected chi connectivity index (χ1v) is 10.3. The van der Waals surface area contributed by atoms with E-state index < -0.39 is 18.4 Å². The van der Waals surface area contributed by atoms with Crippen LogP contribution in [0.1, 0.15) is 34.8 Å². The quantitative estimate of drug-likeness (QED) is 0.475. The van der Waals surface area contributed by atoms with E-state index in [1.54, 1.807) is 19.1 Å². The molecule has 9 heteroatoms. The average molecular weight is 528 g/mol. The average Bonchev–Trinajstić information content (AvgIpc) is 2.64. The summed E-state index contributed by atoms with van der Waals surface area (Å²) in [4.78, 5) is 34.3. The second kappa shape index (κ2) is 10.4. The zero-order valence-electron chi connectivity index (χ0n) is 15.8. The zero-order chi connectivity index (χ0) is 21.6. The van der Waals surface area contributed by atoms with Crippen molar-refractivity contribution in [2.45, 2.75) is 26.9 Å². The van der Waals surface area contributed by atoms with E-state index in [2.05, 4.69) is 42.5 Å². The van der Waals surface area contributed by atoms with Crippen LogP contribution in [-0.2, 0) is 16.2 Å². The van der Waals surface area contributed by atoms with E-state index >= 15 is 0 Å². The van der Waals surface area contributed by atoms with Crippen molar-refractivity contribution in [3.63, 3.8) is 0 Å². The summed E-state index contributed by atoms with van der Waals surface area (Å²) >= 11 is 6.77. The van der Waals surface area contributed by atoms with Gasteiger partial charge < -0.3 is 20.5 Å². The van der Waals surface area contributed by atoms with E-state index in [0.717, 1.165) is 11.1 Å². The van der Waals surface area contributed by atoms with Crippen LogP contribution in [0, 0.1) is 6.92 Å². The van der Waals surface area contributed by atoms with Crippen molar-refractivity contribution in [2.24, 2.45) is 0 Å². The summed E-state index contributed by atoms with van der Waals surface area (Å²) in [5.74, 6) is -1.19. The number of carboxylic acid groups (broad SMARTS) is 1. The third kappa shape index (κ3) is 6.86. The van der Waals surface area contributed by atoms with Crippen LogP contribution in [0.5, 0.6) is 5.75 Å². The van der Waals surface area contributed by atoms with Gasteiger partial charge in [-0.15, -0.1) is 0 Å². The minimum absolute atomic E-state index is 0.0651. The van der Waals surface area contributed by atoms with Crippen molar-refractivity contribution in [1.82, 2.24) is 5.32 Å². The second-order valence-electron chi connectivity index (χ2n) is 6.24. The van der Waals surface area contributed by atoms with Crippen molar-refractivity contribution in [2.75, 3.05) is 11.9 Å². The number of hydrogen-bond acceptors (Lipinski definition) is 4. The molecular formula is C20H20Br2N2O5. The summed E-state index contributed by atoms with van der Waals surface area (Å²) in [5, 5.41) is 13.8. The van der Waals surface area contributed by atoms with Gasteiger partial charge in [-0.1, -0.05) is 13.0 Å². The topological polar surface area (TPSA) is 105 Å². The lowest BCUT2D eigenvalue weighted by Gasteiger charge is -2.14. The van der Waals surface area contributed by atoms with Gasteiger partial charge in [0.1, 0.15) is 18.9 Å². The number of aliphatic carboxylic acids is 1. The van der Waals surface area contributed by atoms with Gasteiger partial charge in [-0.05, 0) is 74.2 Å². The molecule has 0 unspecified atom stereocenters. The first-order chi connectivity index (χ1) is 13.7. The predicted molar refractivity (Wildman–Crippen MR) is 116 cm³/mol. The van der Waals surface area contributed by atoms with E-state index in [4.69, 9.17) is 9.84 Å². The number of carboxylic acids is 1. The standard InChI is InChI=1S/C20H20Br2N2O5/c1-3-17(25)24-14-5-11(2)4-12(6-14)10-29-19-15(21)7-13(8-16(19)22)20(28)23-9-18(26)27/h4-8H,3,9-10H2,1-2H3,(H,23,28)(H,24,25)(H,26,27). The van der Waals surface area contributed by atoms with Crippen molar-refractivity contribution in [3.05, 3.63) is 56.0 Å². The molecule has 0 saturated heterocycles. The molecule has 7 nitrogen and oxygen atoms in total. The fraction of sp³-hybridized carbons (Fsp3) is 0.250. The number of carbonyl (C=O) groups excluding carboxylic acids is 2. The Morgan fingerprint density at radius 2 is 1.72 bits per heavy atom. The maximum absolute atomic E-state index is 12.0. The molecule has 2 rings (SSSR count). The fourth-order valence-electron chi connectivity index (χ4n) is 2.51. The number of benzene rings is 2. The molecule has 3 N–H and O–H groups in total. The minimum atomic E-state index is -1.12. The molecule has 0 fully saturated rings. The van der Waals surface area contributed by atoms with Gasteiger partial charge in [0, 0.05) is 17.7 Å². The smallest absolute Gasteiger partial charge is 0.322 e. The molecule has 0 aliphatic heterocycles. The van der Waals surface area contributed by atoms with Crippen LogP contribution >= 0.6 is 31.9 Å². The highest BCUT2D eigenvalue weighted by Gasteiger charge is 2.15. The second-order valence-corrected chi connectivity index (χ2v) is 7.95. The van der Waals surface area contributed by atoms with Gasteiger partial charge in [0.15, 0.2) is 0 Å². The Kier molecular flexibility index (Phi) is 8.21. The molecule has 0 bridgehead atoms. The van der Waals surface area contributed by atoms with Crippen LogP contribution < -0.4 is 15.4 Å². The number of ether oxygens (including phenoxy) is 1. The first-order valence-electron chi connectivity index (χ1n) is 8.71. The number of halogens is 2. The largest absolute Gasteiger partial charge is 0.487 e. The van der Waals surface area contributed by atoms with Crippen molar-refractivity contribution < 1.29 is 24.2 Å². The van der Waals surface area contributed by atoms with Crippen LogP contribution in [0.3, 0.4) is 0 Å². The van der Waals surface area contributed by atoms with Crippen LogP contribution in [0.4, 0.5) is 5.69 Å². The van der Waals surface area contributed by atoms with E-state index in [1.165, 1.54) is 0 Å². The molecule has 29 heavy (non-hydrogen) atoms. The van der Waals surface area contributed by atoms with Crippen LogP contribution in [-0.4, -0.2) is 29.4 Å². The molecule has 2 amide bonds. The lowest BCUT2D eigenvalue weighted by molar-refractivity contribution is -0.135. The molecule has 2 aromatic rings. The predicted octanol–water partition coefficient (Wildman–Crippen LogP) is 4.26. The van der Waals surface area contributed by atoms with Gasteiger partial charge in [-0.3, -0.25) is 14.4 Å². The molecule has 0 aliphatic carbocycles. The number of rotatable bonds is 8. The highest BCUT2D eigenvalue weighted by molar-refractivity contribution is 9.11. The van der Waals surface area contributed by atoms with Crippen LogP contribution in [0.15, 0.2) is 39.3 Å². The summed E-state index contributed by atoms with van der Waals surface area (Å²) < 4.78 is 6.98. The molecule has 0 aliphatic rings. The van der Waals surface area contributed by atoms with Crippen molar-refractivity contribution in [3.8, 4) is 5.75 Å². The zero-order valence-corrected chi connectivity index (χ0v) is 19.0. The Balaban J connectivity index is 2.14. The van der Waals surface area contributed by atoms with Gasteiger partial charge in [0.2, 0.25) is 5.91 Å². The Labute approximate surface area is 185 Å². The van der Waals surface area contributed by atoms with E-state index in [0.29, 0.717) is 26.8 Å². The lowest BCUT2D eigenvalue weighted by atomic mass is 10.1.